The Balaban J connectivity index is 1.09. The van der Waals surface area contributed by atoms with Gasteiger partial charge in [-0.05, 0) is 56.0 Å². The van der Waals surface area contributed by atoms with Crippen LogP contribution in [0.1, 0.15) is 33.8 Å². The first-order chi connectivity index (χ1) is 15.1. The number of rotatable bonds is 6. The van der Waals surface area contributed by atoms with Crippen molar-refractivity contribution >= 4 is 38.8 Å². The van der Waals surface area contributed by atoms with Gasteiger partial charge in [-0.25, -0.2) is 4.98 Å². The third-order valence-corrected chi connectivity index (χ3v) is 8.51. The Hall–Kier alpha value is -2.64. The summed E-state index contributed by atoms with van der Waals surface area (Å²) in [6.07, 6.45) is 3.46. The van der Waals surface area contributed by atoms with Gasteiger partial charge in [-0.3, -0.25) is 4.79 Å². The third kappa shape index (κ3) is 2.72. The molecule has 3 N–H and O–H groups in total. The second kappa shape index (κ2) is 6.93. The number of anilines is 2. The van der Waals surface area contributed by atoms with Crippen molar-refractivity contribution in [1.82, 2.24) is 15.6 Å². The van der Waals surface area contributed by atoms with E-state index in [9.17, 15) is 4.79 Å². The quantitative estimate of drug-likeness (QED) is 0.557. The number of fused-ring (bicyclic) bond motifs is 1. The summed E-state index contributed by atoms with van der Waals surface area (Å²) in [4.78, 5) is 21.6. The highest BCUT2D eigenvalue weighted by Gasteiger charge is 2.70. The maximum atomic E-state index is 12.8. The highest BCUT2D eigenvalue weighted by molar-refractivity contribution is 7.21. The molecule has 0 radical (unpaired) electrons. The molecule has 3 unspecified atom stereocenters. The zero-order valence-electron chi connectivity index (χ0n) is 17.9. The van der Waals surface area contributed by atoms with Gasteiger partial charge in [0, 0.05) is 49.0 Å². The van der Waals surface area contributed by atoms with Gasteiger partial charge in [0.25, 0.3) is 5.91 Å². The molecule has 3 fully saturated rings. The number of nitrogens with zero attached hydrogens (tertiary/aromatic N) is 2. The number of carbonyl (C=O) groups is 1. The van der Waals surface area contributed by atoms with Crippen LogP contribution in [0.4, 0.5) is 11.4 Å². The monoisotopic (exact) mass is 433 g/mol. The van der Waals surface area contributed by atoms with Crippen LogP contribution in [0.5, 0.6) is 0 Å². The summed E-state index contributed by atoms with van der Waals surface area (Å²) in [5.74, 6) is -0.0409. The van der Waals surface area contributed by atoms with Gasteiger partial charge in [-0.1, -0.05) is 12.1 Å². The molecule has 3 aliphatic rings. The fourth-order valence-electron chi connectivity index (χ4n) is 5.55. The predicted molar refractivity (Wildman–Crippen MR) is 126 cm³/mol. The molecular weight excluding hydrogens is 406 g/mol. The summed E-state index contributed by atoms with van der Waals surface area (Å²) < 4.78 is 0. The molecule has 1 saturated carbocycles. The zero-order chi connectivity index (χ0) is 21.2. The van der Waals surface area contributed by atoms with Crippen molar-refractivity contribution in [2.75, 3.05) is 30.4 Å². The van der Waals surface area contributed by atoms with E-state index in [1.165, 1.54) is 35.4 Å². The molecule has 160 valence electrons. The number of aryl methyl sites for hydroxylation is 1. The molecule has 31 heavy (non-hydrogen) atoms. The summed E-state index contributed by atoms with van der Waals surface area (Å²) in [7, 11) is 1.85. The van der Waals surface area contributed by atoms with Crippen molar-refractivity contribution in [3.8, 4) is 0 Å². The van der Waals surface area contributed by atoms with Crippen LogP contribution in [0.25, 0.3) is 10.2 Å². The van der Waals surface area contributed by atoms with E-state index < -0.39 is 0 Å². The minimum atomic E-state index is -0.0409. The van der Waals surface area contributed by atoms with Gasteiger partial charge in [-0.15, -0.1) is 11.3 Å². The van der Waals surface area contributed by atoms with Crippen molar-refractivity contribution in [3.05, 3.63) is 52.5 Å². The number of carbonyl (C=O) groups excluding carboxylic acids is 1. The number of piperazine rings is 1. The van der Waals surface area contributed by atoms with Crippen LogP contribution in [0.2, 0.25) is 0 Å². The Kier molecular flexibility index (Phi) is 4.27. The number of aromatic nitrogens is 1. The van der Waals surface area contributed by atoms with E-state index in [0.717, 1.165) is 34.6 Å². The molecule has 3 atom stereocenters. The molecule has 0 bridgehead atoms. The van der Waals surface area contributed by atoms with Crippen molar-refractivity contribution in [3.63, 3.8) is 0 Å². The standard InChI is InChI=1S/C24H27N5OS/c1-14-3-8-17-20(25-2)21(31-23(17)27-14)22(30)26-12-10-15-4-6-16(7-5-15)29-13-19-24(29)11-9-18(24)28-19/h3-8,18-19,25,28H,9-13H2,1-2H3,(H,26,30). The number of pyridine rings is 1. The van der Waals surface area contributed by atoms with Gasteiger partial charge in [0.2, 0.25) is 0 Å². The Bertz CT molecular complexity index is 1170. The molecule has 1 spiro atoms. The Morgan fingerprint density at radius 1 is 1.26 bits per heavy atom. The molecule has 2 aromatic heterocycles. The molecule has 6 rings (SSSR count). The predicted octanol–water partition coefficient (Wildman–Crippen LogP) is 3.31. The summed E-state index contributed by atoms with van der Waals surface area (Å²) in [6, 6.07) is 14.3. The topological polar surface area (TPSA) is 69.3 Å². The Labute approximate surface area is 186 Å². The minimum absolute atomic E-state index is 0.0409. The number of amides is 1. The van der Waals surface area contributed by atoms with Crippen LogP contribution in [-0.4, -0.2) is 48.7 Å². The second-order valence-electron chi connectivity index (χ2n) is 8.95. The molecule has 2 saturated heterocycles. The largest absolute Gasteiger partial charge is 0.386 e. The lowest BCUT2D eigenvalue weighted by molar-refractivity contribution is -0.0547. The maximum absolute atomic E-state index is 12.8. The lowest BCUT2D eigenvalue weighted by Gasteiger charge is -2.77. The van der Waals surface area contributed by atoms with E-state index >= 15 is 0 Å². The molecular formula is C24H27N5OS. The van der Waals surface area contributed by atoms with Crippen LogP contribution in [-0.2, 0) is 6.42 Å². The molecule has 1 amide bonds. The van der Waals surface area contributed by atoms with Crippen LogP contribution >= 0.6 is 11.3 Å². The fraction of sp³-hybridized carbons (Fsp3) is 0.417. The first-order valence-electron chi connectivity index (χ1n) is 11.1. The number of piperidine rings is 1. The van der Waals surface area contributed by atoms with Gasteiger partial charge in [-0.2, -0.15) is 0 Å². The molecule has 1 aliphatic carbocycles. The lowest BCUT2D eigenvalue weighted by Crippen LogP contribution is -2.95. The van der Waals surface area contributed by atoms with E-state index in [1.807, 2.05) is 26.1 Å². The first-order valence-corrected chi connectivity index (χ1v) is 11.9. The highest BCUT2D eigenvalue weighted by atomic mass is 32.1. The molecule has 6 nitrogen and oxygen atoms in total. The van der Waals surface area contributed by atoms with Crippen LogP contribution in [0.15, 0.2) is 36.4 Å². The Morgan fingerprint density at radius 3 is 2.77 bits per heavy atom. The molecule has 7 heteroatoms. The number of hydrogen-bond donors (Lipinski definition) is 3. The van der Waals surface area contributed by atoms with E-state index in [1.54, 1.807) is 0 Å². The number of nitrogens with one attached hydrogen (secondary N) is 3. The third-order valence-electron chi connectivity index (χ3n) is 7.41. The van der Waals surface area contributed by atoms with Crippen LogP contribution in [0, 0.1) is 6.92 Å². The van der Waals surface area contributed by atoms with Crippen LogP contribution < -0.4 is 20.9 Å². The van der Waals surface area contributed by atoms with E-state index in [-0.39, 0.29) is 5.91 Å². The zero-order valence-corrected chi connectivity index (χ0v) is 18.7. The fourth-order valence-corrected chi connectivity index (χ4v) is 6.69. The number of thiophene rings is 1. The average Bonchev–Trinajstić information content (AvgIpc) is 3.11. The highest BCUT2D eigenvalue weighted by Crippen LogP contribution is 2.55. The number of hydrogen-bond acceptors (Lipinski definition) is 6. The van der Waals surface area contributed by atoms with Crippen molar-refractivity contribution < 1.29 is 4.79 Å². The maximum Gasteiger partial charge on any atom is 0.263 e. The number of benzene rings is 1. The van der Waals surface area contributed by atoms with Crippen molar-refractivity contribution in [1.29, 1.82) is 0 Å². The summed E-state index contributed by atoms with van der Waals surface area (Å²) in [5.41, 5.74) is 4.83. The van der Waals surface area contributed by atoms with Gasteiger partial charge in [0.05, 0.1) is 11.2 Å². The van der Waals surface area contributed by atoms with E-state index in [4.69, 9.17) is 0 Å². The molecule has 3 aromatic rings. The van der Waals surface area contributed by atoms with Crippen molar-refractivity contribution in [2.45, 2.75) is 43.8 Å². The van der Waals surface area contributed by atoms with Crippen LogP contribution in [0.3, 0.4) is 0 Å². The summed E-state index contributed by atoms with van der Waals surface area (Å²) in [6.45, 7) is 3.71. The SMILES string of the molecule is CNc1c(C(=O)NCCc2ccc(N3CC4NC5CCC543)cc2)sc2nc(C)ccc12. The molecule has 4 heterocycles. The van der Waals surface area contributed by atoms with E-state index in [0.29, 0.717) is 29.0 Å². The smallest absolute Gasteiger partial charge is 0.263 e. The van der Waals surface area contributed by atoms with Gasteiger partial charge in [0.15, 0.2) is 0 Å². The summed E-state index contributed by atoms with van der Waals surface area (Å²) in [5, 5.41) is 10.9. The van der Waals surface area contributed by atoms with Gasteiger partial charge >= 0.3 is 0 Å². The molecule has 2 aliphatic heterocycles. The van der Waals surface area contributed by atoms with Gasteiger partial charge < -0.3 is 20.9 Å². The minimum Gasteiger partial charge on any atom is -0.386 e. The first kappa shape index (κ1) is 19.1. The second-order valence-corrected chi connectivity index (χ2v) is 9.95. The van der Waals surface area contributed by atoms with Crippen molar-refractivity contribution in [2.24, 2.45) is 0 Å². The summed E-state index contributed by atoms with van der Waals surface area (Å²) >= 11 is 1.45. The Morgan fingerprint density at radius 2 is 2.10 bits per heavy atom. The van der Waals surface area contributed by atoms with Gasteiger partial charge in [0.1, 0.15) is 9.71 Å². The average molecular weight is 434 g/mol. The van der Waals surface area contributed by atoms with E-state index in [2.05, 4.69) is 50.1 Å². The normalized spacial score (nSPS) is 25.7. The molecule has 1 aromatic carbocycles. The lowest BCUT2D eigenvalue weighted by atomic mass is 9.54.